The molecule has 0 spiro atoms. The highest BCUT2D eigenvalue weighted by Gasteiger charge is 2.20. The number of benzene rings is 3. The van der Waals surface area contributed by atoms with Crippen LogP contribution in [-0.4, -0.2) is 33.4 Å². The van der Waals surface area contributed by atoms with Crippen LogP contribution in [0, 0.1) is 5.82 Å². The van der Waals surface area contributed by atoms with Gasteiger partial charge in [0.05, 0.1) is 28.2 Å². The highest BCUT2D eigenvalue weighted by atomic mass is 35.5. The lowest BCUT2D eigenvalue weighted by atomic mass is 9.92. The van der Waals surface area contributed by atoms with E-state index in [2.05, 4.69) is 21.9 Å². The number of aromatic nitrogens is 2. The first-order chi connectivity index (χ1) is 18.9. The summed E-state index contributed by atoms with van der Waals surface area (Å²) < 4.78 is 36.5. The van der Waals surface area contributed by atoms with Gasteiger partial charge in [-0.05, 0) is 73.6 Å². The number of nitrogens with two attached hydrogens (primary N) is 1. The summed E-state index contributed by atoms with van der Waals surface area (Å²) in [5.41, 5.74) is 9.31. The van der Waals surface area contributed by atoms with E-state index in [1.807, 2.05) is 12.1 Å². The molecule has 1 saturated carbocycles. The fourth-order valence-corrected chi connectivity index (χ4v) is 6.20. The Bertz CT molecular complexity index is 1530. The highest BCUT2D eigenvalue weighted by molar-refractivity contribution is 7.86. The average molecular weight is 568 g/mol. The molecule has 4 aromatic rings. The molecule has 7 nitrogen and oxygen atoms in total. The van der Waals surface area contributed by atoms with Crippen LogP contribution in [0.2, 0.25) is 5.02 Å². The molecular formula is C29H31ClFN5O2S. The molecule has 3 aromatic carbocycles. The number of rotatable bonds is 8. The zero-order valence-electron chi connectivity index (χ0n) is 21.8. The summed E-state index contributed by atoms with van der Waals surface area (Å²) in [7, 11) is -0.234. The summed E-state index contributed by atoms with van der Waals surface area (Å²) in [5, 5.41) is 4.65. The number of halogens is 2. The minimum Gasteiger partial charge on any atom is -0.496 e. The molecule has 0 amide bonds. The van der Waals surface area contributed by atoms with Crippen LogP contribution < -0.4 is 20.5 Å². The van der Waals surface area contributed by atoms with Gasteiger partial charge >= 0.3 is 0 Å². The normalized spacial score (nSPS) is 18.1. The van der Waals surface area contributed by atoms with E-state index in [1.165, 1.54) is 19.2 Å². The highest BCUT2D eigenvalue weighted by Crippen LogP contribution is 2.37. The van der Waals surface area contributed by atoms with Crippen molar-refractivity contribution in [2.24, 2.45) is 5.73 Å². The second-order valence-electron chi connectivity index (χ2n) is 9.71. The summed E-state index contributed by atoms with van der Waals surface area (Å²) in [6.45, 7) is 2.06. The third-order valence-electron chi connectivity index (χ3n) is 7.09. The topological polar surface area (TPSA) is 102 Å². The average Bonchev–Trinajstić information content (AvgIpc) is 2.94. The van der Waals surface area contributed by atoms with Crippen molar-refractivity contribution >= 4 is 45.1 Å². The predicted octanol–water partition coefficient (Wildman–Crippen LogP) is 6.48. The van der Waals surface area contributed by atoms with Gasteiger partial charge in [0.15, 0.2) is 11.0 Å². The van der Waals surface area contributed by atoms with Crippen molar-refractivity contribution in [3.05, 3.63) is 71.1 Å². The van der Waals surface area contributed by atoms with E-state index >= 15 is 4.39 Å². The maximum atomic E-state index is 15.3. The molecule has 1 aromatic heterocycles. The van der Waals surface area contributed by atoms with Gasteiger partial charge in [0.1, 0.15) is 11.6 Å². The van der Waals surface area contributed by atoms with Crippen molar-refractivity contribution < 1.29 is 13.3 Å². The molecule has 5 rings (SSSR count). The first-order valence-electron chi connectivity index (χ1n) is 13.0. The van der Waals surface area contributed by atoms with Gasteiger partial charge in [-0.15, -0.1) is 0 Å². The maximum Gasteiger partial charge on any atom is 0.223 e. The van der Waals surface area contributed by atoms with Crippen LogP contribution in [0.4, 0.5) is 16.0 Å². The smallest absolute Gasteiger partial charge is 0.223 e. The lowest BCUT2D eigenvalue weighted by Crippen LogP contribution is -2.33. The lowest BCUT2D eigenvalue weighted by Gasteiger charge is -2.26. The minimum atomic E-state index is -1.75. The fraction of sp³-hybridized carbons (Fsp3) is 0.310. The number of nitrogens with zero attached hydrogens (tertiary/aromatic N) is 2. The van der Waals surface area contributed by atoms with E-state index in [0.29, 0.717) is 33.2 Å². The molecule has 1 unspecified atom stereocenters. The quantitative estimate of drug-likeness (QED) is 0.225. The van der Waals surface area contributed by atoms with Gasteiger partial charge in [0.2, 0.25) is 5.95 Å². The van der Waals surface area contributed by atoms with E-state index in [4.69, 9.17) is 27.1 Å². The van der Waals surface area contributed by atoms with Crippen LogP contribution in [0.1, 0.15) is 38.2 Å². The molecular weight excluding hydrogens is 537 g/mol. The number of anilines is 2. The van der Waals surface area contributed by atoms with Gasteiger partial charge in [-0.1, -0.05) is 30.7 Å². The van der Waals surface area contributed by atoms with Crippen molar-refractivity contribution in [2.75, 3.05) is 17.1 Å². The molecule has 204 valence electrons. The molecule has 1 aliphatic carbocycles. The number of hydrogen-bond donors (Lipinski definition) is 3. The summed E-state index contributed by atoms with van der Waals surface area (Å²) in [4.78, 5) is 9.75. The van der Waals surface area contributed by atoms with Crippen molar-refractivity contribution in [2.45, 2.75) is 56.0 Å². The van der Waals surface area contributed by atoms with Crippen LogP contribution in [0.3, 0.4) is 0 Å². The second-order valence-corrected chi connectivity index (χ2v) is 11.3. The Balaban J connectivity index is 1.45. The number of aryl methyl sites for hydroxylation is 1. The monoisotopic (exact) mass is 567 g/mol. The predicted molar refractivity (Wildman–Crippen MR) is 156 cm³/mol. The van der Waals surface area contributed by atoms with Gasteiger partial charge in [-0.25, -0.2) is 18.6 Å². The molecule has 0 bridgehead atoms. The van der Waals surface area contributed by atoms with Crippen molar-refractivity contribution in [1.82, 2.24) is 9.97 Å². The van der Waals surface area contributed by atoms with Gasteiger partial charge in [-0.2, -0.15) is 0 Å². The molecule has 1 fully saturated rings. The Morgan fingerprint density at radius 3 is 2.64 bits per heavy atom. The van der Waals surface area contributed by atoms with E-state index in [0.717, 1.165) is 54.1 Å². The number of methoxy groups -OCH3 is 1. The van der Waals surface area contributed by atoms with E-state index in [1.54, 1.807) is 30.5 Å². The summed E-state index contributed by atoms with van der Waals surface area (Å²) >= 11 is 6.16. The first-order valence-corrected chi connectivity index (χ1v) is 14.5. The van der Waals surface area contributed by atoms with Crippen LogP contribution in [0.25, 0.3) is 22.0 Å². The lowest BCUT2D eigenvalue weighted by molar-refractivity contribution is 0.410. The molecule has 10 heteroatoms. The third-order valence-corrected chi connectivity index (χ3v) is 8.69. The SMILES string of the molecule is CCc1cc(-c2cc(F)c(NS(=O)c3ccccc3Cl)cc2OC)cc2cnc(NC3CCC(N)CC3)nc12. The maximum absolute atomic E-state index is 15.3. The zero-order valence-corrected chi connectivity index (χ0v) is 23.4. The van der Waals surface area contributed by atoms with Gasteiger partial charge in [0.25, 0.3) is 0 Å². The Morgan fingerprint density at radius 2 is 1.92 bits per heavy atom. The molecule has 1 aliphatic rings. The minimum absolute atomic E-state index is 0.0491. The Morgan fingerprint density at radius 1 is 1.15 bits per heavy atom. The van der Waals surface area contributed by atoms with Crippen LogP contribution in [-0.2, 0) is 17.4 Å². The summed E-state index contributed by atoms with van der Waals surface area (Å²) in [6, 6.07) is 14.2. The van der Waals surface area contributed by atoms with Crippen LogP contribution >= 0.6 is 11.6 Å². The first kappa shape index (κ1) is 27.3. The molecule has 0 aliphatic heterocycles. The number of ether oxygens (including phenoxy) is 1. The molecule has 0 radical (unpaired) electrons. The Labute approximate surface area is 234 Å². The largest absolute Gasteiger partial charge is 0.496 e. The van der Waals surface area contributed by atoms with E-state index in [9.17, 15) is 4.21 Å². The summed E-state index contributed by atoms with van der Waals surface area (Å²) in [5.74, 6) is 0.481. The molecule has 39 heavy (non-hydrogen) atoms. The fourth-order valence-electron chi connectivity index (χ4n) is 4.94. The number of nitrogens with one attached hydrogen (secondary N) is 2. The molecule has 1 atom stereocenters. The van der Waals surface area contributed by atoms with Crippen molar-refractivity contribution in [1.29, 1.82) is 0 Å². The van der Waals surface area contributed by atoms with E-state index in [-0.39, 0.29) is 11.7 Å². The van der Waals surface area contributed by atoms with Crippen LogP contribution in [0.15, 0.2) is 59.6 Å². The number of hydrogen-bond acceptors (Lipinski definition) is 6. The van der Waals surface area contributed by atoms with Gasteiger partial charge in [-0.3, -0.25) is 4.72 Å². The standard InChI is InChI=1S/C29H31ClFN5O2S/c1-3-17-12-18(13-19-16-33-29(35-28(17)19)34-21-10-8-20(32)9-11-21)22-14-24(31)25(15-26(22)38-2)36-39(37)27-7-5-4-6-23(27)30/h4-7,12-16,20-21,36H,3,8-11,32H2,1-2H3,(H,33,34,35). The Kier molecular flexibility index (Phi) is 8.30. The molecule has 1 heterocycles. The third kappa shape index (κ3) is 6.00. The van der Waals surface area contributed by atoms with Crippen LogP contribution in [0.5, 0.6) is 5.75 Å². The molecule has 4 N–H and O–H groups in total. The van der Waals surface area contributed by atoms with Gasteiger partial charge < -0.3 is 15.8 Å². The Hall–Kier alpha value is -3.27. The second kappa shape index (κ2) is 11.9. The molecule has 0 saturated heterocycles. The van der Waals surface area contributed by atoms with E-state index < -0.39 is 16.8 Å². The zero-order chi connectivity index (χ0) is 27.5. The summed E-state index contributed by atoms with van der Waals surface area (Å²) in [6.07, 6.45) is 6.54. The van der Waals surface area contributed by atoms with Gasteiger partial charge in [0, 0.05) is 35.3 Å². The van der Waals surface area contributed by atoms with Crippen molar-refractivity contribution in [3.8, 4) is 16.9 Å². The number of fused-ring (bicyclic) bond motifs is 1. The van der Waals surface area contributed by atoms with Crippen molar-refractivity contribution in [3.63, 3.8) is 0 Å².